The van der Waals surface area contributed by atoms with E-state index in [1.165, 1.54) is 0 Å². The average molecular weight is 370 g/mol. The normalized spacial score (nSPS) is 20.9. The number of rotatable bonds is 4. The Morgan fingerprint density at radius 1 is 1.44 bits per heavy atom. The number of nitrogens with zero attached hydrogens (tertiary/aromatic N) is 5. The second-order valence-electron chi connectivity index (χ2n) is 6.93. The van der Waals surface area contributed by atoms with Gasteiger partial charge in [-0.15, -0.1) is 0 Å². The molecule has 3 aromatic rings. The van der Waals surface area contributed by atoms with Crippen LogP contribution in [-0.4, -0.2) is 60.9 Å². The number of aryl methyl sites for hydroxylation is 2. The highest BCUT2D eigenvalue weighted by atomic mass is 16.5. The quantitative estimate of drug-likeness (QED) is 0.696. The fourth-order valence-corrected chi connectivity index (χ4v) is 3.44. The Morgan fingerprint density at radius 2 is 2.30 bits per heavy atom. The van der Waals surface area contributed by atoms with Gasteiger partial charge >= 0.3 is 0 Å². The number of β-amino-alcohol motifs (C(OH)–C–C–N with tert-alkyl or cyclic N) is 1. The van der Waals surface area contributed by atoms with E-state index in [-0.39, 0.29) is 11.9 Å². The third kappa shape index (κ3) is 3.56. The van der Waals surface area contributed by atoms with Crippen molar-refractivity contribution in [1.82, 2.24) is 30.0 Å². The van der Waals surface area contributed by atoms with E-state index in [2.05, 4.69) is 25.5 Å². The van der Waals surface area contributed by atoms with Crippen LogP contribution in [0.25, 0.3) is 5.65 Å². The summed E-state index contributed by atoms with van der Waals surface area (Å²) < 4.78 is 6.75. The molecule has 9 nitrogen and oxygen atoms in total. The van der Waals surface area contributed by atoms with E-state index < -0.39 is 6.10 Å². The second-order valence-corrected chi connectivity index (χ2v) is 6.93. The van der Waals surface area contributed by atoms with Crippen molar-refractivity contribution < 1.29 is 14.4 Å². The van der Waals surface area contributed by atoms with Gasteiger partial charge in [0.15, 0.2) is 11.3 Å². The lowest BCUT2D eigenvalue weighted by Crippen LogP contribution is -2.53. The predicted molar refractivity (Wildman–Crippen MR) is 96.1 cm³/mol. The number of likely N-dealkylation sites (tertiary alicyclic amines) is 1. The van der Waals surface area contributed by atoms with Gasteiger partial charge in [0.25, 0.3) is 5.91 Å². The number of aliphatic hydroxyl groups excluding tert-OH is 1. The smallest absolute Gasteiger partial charge is 0.272 e. The van der Waals surface area contributed by atoms with Gasteiger partial charge in [-0.1, -0.05) is 5.16 Å². The molecule has 0 spiro atoms. The molecule has 2 atom stereocenters. The Kier molecular flexibility index (Phi) is 4.63. The minimum atomic E-state index is -0.654. The Bertz CT molecular complexity index is 913. The van der Waals surface area contributed by atoms with Gasteiger partial charge < -0.3 is 14.9 Å². The Morgan fingerprint density at radius 3 is 3.00 bits per heavy atom. The number of amides is 1. The maximum absolute atomic E-state index is 12.5. The minimum absolute atomic E-state index is 0.291. The summed E-state index contributed by atoms with van der Waals surface area (Å²) in [5.74, 6) is 0.501. The van der Waals surface area contributed by atoms with Crippen molar-refractivity contribution in [2.75, 3.05) is 13.1 Å². The molecule has 142 valence electrons. The van der Waals surface area contributed by atoms with Crippen LogP contribution in [0, 0.1) is 13.8 Å². The number of piperidine rings is 1. The zero-order valence-electron chi connectivity index (χ0n) is 15.3. The molecule has 27 heavy (non-hydrogen) atoms. The summed E-state index contributed by atoms with van der Waals surface area (Å²) in [6, 6.07) is 3.07. The molecule has 0 aromatic carbocycles. The monoisotopic (exact) mass is 370 g/mol. The number of aromatic nitrogens is 4. The van der Waals surface area contributed by atoms with Crippen molar-refractivity contribution in [3.63, 3.8) is 0 Å². The topological polar surface area (TPSA) is 109 Å². The van der Waals surface area contributed by atoms with Crippen LogP contribution in [0.3, 0.4) is 0 Å². The van der Waals surface area contributed by atoms with Gasteiger partial charge in [0.1, 0.15) is 5.76 Å². The zero-order chi connectivity index (χ0) is 19.0. The summed E-state index contributed by atoms with van der Waals surface area (Å²) in [4.78, 5) is 18.8. The molecule has 0 radical (unpaired) electrons. The lowest BCUT2D eigenvalue weighted by Gasteiger charge is -2.36. The van der Waals surface area contributed by atoms with Crippen LogP contribution in [0.4, 0.5) is 0 Å². The molecule has 1 saturated heterocycles. The van der Waals surface area contributed by atoms with Crippen molar-refractivity contribution >= 4 is 11.6 Å². The Labute approximate surface area is 156 Å². The summed E-state index contributed by atoms with van der Waals surface area (Å²) in [6.07, 6.45) is 3.39. The molecule has 0 aliphatic carbocycles. The highest BCUT2D eigenvalue weighted by molar-refractivity contribution is 5.93. The number of carbonyl (C=O) groups excluding carboxylic acids is 1. The summed E-state index contributed by atoms with van der Waals surface area (Å²) >= 11 is 0. The first kappa shape index (κ1) is 17.6. The van der Waals surface area contributed by atoms with Crippen LogP contribution in [0.5, 0.6) is 0 Å². The van der Waals surface area contributed by atoms with Crippen LogP contribution in [0.15, 0.2) is 29.0 Å². The molecule has 3 aromatic heterocycles. The lowest BCUT2D eigenvalue weighted by molar-refractivity contribution is 0.0346. The first-order chi connectivity index (χ1) is 13.0. The van der Waals surface area contributed by atoms with E-state index in [4.69, 9.17) is 4.52 Å². The van der Waals surface area contributed by atoms with E-state index in [1.54, 1.807) is 29.0 Å². The van der Waals surface area contributed by atoms with Gasteiger partial charge in [-0.05, 0) is 26.3 Å². The fourth-order valence-electron chi connectivity index (χ4n) is 3.44. The zero-order valence-corrected chi connectivity index (χ0v) is 15.3. The number of hydrogen-bond acceptors (Lipinski definition) is 7. The van der Waals surface area contributed by atoms with Crippen molar-refractivity contribution in [2.24, 2.45) is 0 Å². The highest BCUT2D eigenvalue weighted by Gasteiger charge is 2.30. The molecule has 9 heteroatoms. The minimum Gasteiger partial charge on any atom is -0.390 e. The Hall–Kier alpha value is -2.78. The molecule has 2 N–H and O–H groups in total. The van der Waals surface area contributed by atoms with Crippen LogP contribution in [-0.2, 0) is 6.54 Å². The van der Waals surface area contributed by atoms with Gasteiger partial charge in [-0.3, -0.25) is 9.69 Å². The Balaban J connectivity index is 1.37. The molecule has 0 unspecified atom stereocenters. The summed E-state index contributed by atoms with van der Waals surface area (Å²) in [6.45, 7) is 5.72. The van der Waals surface area contributed by atoms with E-state index in [0.717, 1.165) is 23.6 Å². The number of aliphatic hydroxyl groups is 1. The van der Waals surface area contributed by atoms with E-state index in [1.807, 2.05) is 13.8 Å². The summed E-state index contributed by atoms with van der Waals surface area (Å²) in [5, 5.41) is 21.6. The molecule has 1 fully saturated rings. The molecule has 0 bridgehead atoms. The molecule has 0 saturated carbocycles. The van der Waals surface area contributed by atoms with Crippen molar-refractivity contribution in [1.29, 1.82) is 0 Å². The van der Waals surface area contributed by atoms with Gasteiger partial charge in [0.05, 0.1) is 17.8 Å². The average Bonchev–Trinajstić information content (AvgIpc) is 3.22. The number of nitrogens with one attached hydrogen (secondary N) is 1. The number of fused-ring (bicyclic) bond motifs is 1. The maximum Gasteiger partial charge on any atom is 0.272 e. The van der Waals surface area contributed by atoms with Crippen LogP contribution in [0.1, 0.15) is 33.9 Å². The summed E-state index contributed by atoms with van der Waals surface area (Å²) in [7, 11) is 0. The van der Waals surface area contributed by atoms with Crippen molar-refractivity contribution in [3.05, 3.63) is 47.2 Å². The third-order valence-corrected chi connectivity index (χ3v) is 5.01. The molecule has 1 aliphatic heterocycles. The van der Waals surface area contributed by atoms with Gasteiger partial charge in [0.2, 0.25) is 0 Å². The standard InChI is InChI=1S/C18H22N6O3/c1-11-13(12(2)27-22-11)9-23-7-4-14(16(25)10-23)20-18(26)15-8-17-19-5-3-6-24(17)21-15/h3,5-6,8,14,16,25H,4,7,9-10H2,1-2H3,(H,20,26)/t14-,16-/m1/s1. The SMILES string of the molecule is Cc1noc(C)c1CN1CC[C@@H](NC(=O)c2cc3ncccn3n2)[C@H](O)C1. The van der Waals surface area contributed by atoms with Crippen molar-refractivity contribution in [3.8, 4) is 0 Å². The number of carbonyl (C=O) groups is 1. The molecule has 1 aliphatic rings. The van der Waals surface area contributed by atoms with Crippen LogP contribution < -0.4 is 5.32 Å². The molecule has 4 heterocycles. The van der Waals surface area contributed by atoms with Gasteiger partial charge in [0, 0.05) is 43.7 Å². The van der Waals surface area contributed by atoms with Crippen molar-refractivity contribution in [2.45, 2.75) is 39.0 Å². The van der Waals surface area contributed by atoms with Crippen LogP contribution in [0.2, 0.25) is 0 Å². The van der Waals surface area contributed by atoms with E-state index in [9.17, 15) is 9.90 Å². The molecule has 1 amide bonds. The molecular weight excluding hydrogens is 348 g/mol. The number of hydrogen-bond donors (Lipinski definition) is 2. The molecule has 4 rings (SSSR count). The predicted octanol–water partition coefficient (Wildman–Crippen LogP) is 0.699. The van der Waals surface area contributed by atoms with E-state index in [0.29, 0.717) is 30.9 Å². The molecular formula is C18H22N6O3. The third-order valence-electron chi connectivity index (χ3n) is 5.01. The summed E-state index contributed by atoms with van der Waals surface area (Å²) in [5.41, 5.74) is 2.83. The second kappa shape index (κ2) is 7.09. The first-order valence-corrected chi connectivity index (χ1v) is 8.94. The fraction of sp³-hybridized carbons (Fsp3) is 0.444. The largest absolute Gasteiger partial charge is 0.390 e. The van der Waals surface area contributed by atoms with Gasteiger partial charge in [-0.2, -0.15) is 5.10 Å². The first-order valence-electron chi connectivity index (χ1n) is 8.94. The van der Waals surface area contributed by atoms with Crippen LogP contribution >= 0.6 is 0 Å². The van der Waals surface area contributed by atoms with Gasteiger partial charge in [-0.25, -0.2) is 9.50 Å². The van der Waals surface area contributed by atoms with E-state index >= 15 is 0 Å². The highest BCUT2D eigenvalue weighted by Crippen LogP contribution is 2.19. The maximum atomic E-state index is 12.5. The lowest BCUT2D eigenvalue weighted by atomic mass is 10.0.